The van der Waals surface area contributed by atoms with Gasteiger partial charge in [0.2, 0.25) is 0 Å². The van der Waals surface area contributed by atoms with E-state index in [0.29, 0.717) is 16.9 Å². The van der Waals surface area contributed by atoms with Gasteiger partial charge in [-0.2, -0.15) is 5.26 Å². The minimum absolute atomic E-state index is 0.0186. The van der Waals surface area contributed by atoms with Crippen molar-refractivity contribution in [3.63, 3.8) is 0 Å². The van der Waals surface area contributed by atoms with Crippen LogP contribution >= 0.6 is 0 Å². The molecule has 0 saturated carbocycles. The molecule has 0 aliphatic carbocycles. The monoisotopic (exact) mass is 201 g/mol. The summed E-state index contributed by atoms with van der Waals surface area (Å²) in [5.41, 5.74) is 1.54. The summed E-state index contributed by atoms with van der Waals surface area (Å²) in [6, 6.07) is 5.22. The molecule has 0 amide bonds. The van der Waals surface area contributed by atoms with Gasteiger partial charge in [-0.15, -0.1) is 0 Å². The van der Waals surface area contributed by atoms with E-state index in [0.717, 1.165) is 0 Å². The fourth-order valence-corrected chi connectivity index (χ4v) is 1.43. The van der Waals surface area contributed by atoms with Crippen molar-refractivity contribution in [2.45, 2.75) is 6.92 Å². The lowest BCUT2D eigenvalue weighted by Crippen LogP contribution is -1.99. The SMILES string of the molecule is Cc1c(C(=O)O)nc2ccc(C#N)cn12. The molecule has 0 unspecified atom stereocenters. The lowest BCUT2D eigenvalue weighted by atomic mass is 10.3. The van der Waals surface area contributed by atoms with E-state index in [1.807, 2.05) is 6.07 Å². The predicted octanol–water partition coefficient (Wildman–Crippen LogP) is 1.21. The van der Waals surface area contributed by atoms with Gasteiger partial charge in [0.1, 0.15) is 11.7 Å². The van der Waals surface area contributed by atoms with Crippen LogP contribution in [0.2, 0.25) is 0 Å². The molecule has 0 aliphatic heterocycles. The first kappa shape index (κ1) is 9.21. The van der Waals surface area contributed by atoms with E-state index in [9.17, 15) is 4.79 Å². The summed E-state index contributed by atoms with van der Waals surface area (Å²) in [6.07, 6.45) is 1.57. The summed E-state index contributed by atoms with van der Waals surface area (Å²) in [5, 5.41) is 17.6. The van der Waals surface area contributed by atoms with Crippen molar-refractivity contribution in [3.8, 4) is 6.07 Å². The Bertz CT molecular complexity index is 592. The highest BCUT2D eigenvalue weighted by Crippen LogP contribution is 2.12. The summed E-state index contributed by atoms with van der Waals surface area (Å²) < 4.78 is 1.60. The molecule has 2 heterocycles. The molecule has 0 spiro atoms. The fourth-order valence-electron chi connectivity index (χ4n) is 1.43. The maximum absolute atomic E-state index is 10.8. The molecule has 0 radical (unpaired) electrons. The number of aromatic nitrogens is 2. The Labute approximate surface area is 85.2 Å². The normalized spacial score (nSPS) is 10.1. The van der Waals surface area contributed by atoms with Gasteiger partial charge in [0, 0.05) is 6.20 Å². The Morgan fingerprint density at radius 3 is 2.93 bits per heavy atom. The lowest BCUT2D eigenvalue weighted by Gasteiger charge is -1.95. The highest BCUT2D eigenvalue weighted by molar-refractivity contribution is 5.87. The first-order chi connectivity index (χ1) is 7.13. The summed E-state index contributed by atoms with van der Waals surface area (Å²) in [7, 11) is 0. The summed E-state index contributed by atoms with van der Waals surface area (Å²) in [5.74, 6) is -1.06. The molecule has 2 aromatic heterocycles. The third-order valence-corrected chi connectivity index (χ3v) is 2.19. The molecule has 5 nitrogen and oxygen atoms in total. The second-order valence-electron chi connectivity index (χ2n) is 3.11. The molecular weight excluding hydrogens is 194 g/mol. The minimum atomic E-state index is -1.06. The van der Waals surface area contributed by atoms with Gasteiger partial charge in [0.25, 0.3) is 0 Å². The molecular formula is C10H7N3O2. The fraction of sp³-hybridized carbons (Fsp3) is 0.100. The van der Waals surface area contributed by atoms with E-state index in [1.165, 1.54) is 0 Å². The van der Waals surface area contributed by atoms with Gasteiger partial charge >= 0.3 is 5.97 Å². The Balaban J connectivity index is 2.79. The number of carbonyl (C=O) groups is 1. The molecule has 0 bridgehead atoms. The van der Waals surface area contributed by atoms with Crippen molar-refractivity contribution >= 4 is 11.6 Å². The van der Waals surface area contributed by atoms with Gasteiger partial charge in [0.15, 0.2) is 5.69 Å². The zero-order chi connectivity index (χ0) is 11.0. The van der Waals surface area contributed by atoms with E-state index in [-0.39, 0.29) is 5.69 Å². The number of imidazole rings is 1. The molecule has 74 valence electrons. The highest BCUT2D eigenvalue weighted by Gasteiger charge is 2.14. The second kappa shape index (κ2) is 3.10. The van der Waals surface area contributed by atoms with Crippen molar-refractivity contribution in [3.05, 3.63) is 35.3 Å². The van der Waals surface area contributed by atoms with E-state index in [1.54, 1.807) is 29.7 Å². The Morgan fingerprint density at radius 1 is 1.60 bits per heavy atom. The number of carboxylic acids is 1. The second-order valence-corrected chi connectivity index (χ2v) is 3.11. The number of hydrogen-bond acceptors (Lipinski definition) is 3. The Kier molecular flexibility index (Phi) is 1.90. The van der Waals surface area contributed by atoms with Crippen LogP contribution in [0.5, 0.6) is 0 Å². The average molecular weight is 201 g/mol. The largest absolute Gasteiger partial charge is 0.476 e. The van der Waals surface area contributed by atoms with Gasteiger partial charge in [-0.1, -0.05) is 0 Å². The van der Waals surface area contributed by atoms with Crippen LogP contribution in [-0.2, 0) is 0 Å². The van der Waals surface area contributed by atoms with Crippen LogP contribution in [0.3, 0.4) is 0 Å². The quantitative estimate of drug-likeness (QED) is 0.752. The number of carboxylic acid groups (broad SMARTS) is 1. The van der Waals surface area contributed by atoms with E-state index in [2.05, 4.69) is 4.98 Å². The van der Waals surface area contributed by atoms with E-state index in [4.69, 9.17) is 10.4 Å². The van der Waals surface area contributed by atoms with Crippen LogP contribution in [0, 0.1) is 18.3 Å². The first-order valence-electron chi connectivity index (χ1n) is 4.25. The molecule has 0 aliphatic rings. The van der Waals surface area contributed by atoms with Crippen molar-refractivity contribution in [1.82, 2.24) is 9.38 Å². The van der Waals surface area contributed by atoms with E-state index < -0.39 is 5.97 Å². The predicted molar refractivity (Wildman–Crippen MR) is 51.6 cm³/mol. The third kappa shape index (κ3) is 1.32. The molecule has 2 rings (SSSR count). The van der Waals surface area contributed by atoms with Crippen LogP contribution in [0.4, 0.5) is 0 Å². The zero-order valence-electron chi connectivity index (χ0n) is 7.93. The number of pyridine rings is 1. The van der Waals surface area contributed by atoms with Crippen LogP contribution in [-0.4, -0.2) is 20.5 Å². The Hall–Kier alpha value is -2.35. The van der Waals surface area contributed by atoms with Crippen LogP contribution < -0.4 is 0 Å². The van der Waals surface area contributed by atoms with E-state index >= 15 is 0 Å². The minimum Gasteiger partial charge on any atom is -0.476 e. The van der Waals surface area contributed by atoms with Gasteiger partial charge < -0.3 is 9.51 Å². The van der Waals surface area contributed by atoms with Gasteiger partial charge in [-0.05, 0) is 19.1 Å². The topological polar surface area (TPSA) is 78.4 Å². The molecule has 0 atom stereocenters. The lowest BCUT2D eigenvalue weighted by molar-refractivity contribution is 0.0690. The number of aromatic carboxylic acids is 1. The maximum atomic E-state index is 10.8. The summed E-state index contributed by atoms with van der Waals surface area (Å²) >= 11 is 0. The first-order valence-corrected chi connectivity index (χ1v) is 4.25. The number of aryl methyl sites for hydroxylation is 1. The Morgan fingerprint density at radius 2 is 2.33 bits per heavy atom. The smallest absolute Gasteiger partial charge is 0.356 e. The zero-order valence-corrected chi connectivity index (χ0v) is 7.93. The van der Waals surface area contributed by atoms with Crippen molar-refractivity contribution < 1.29 is 9.90 Å². The molecule has 0 saturated heterocycles. The summed E-state index contributed by atoms with van der Waals surface area (Å²) in [6.45, 7) is 1.66. The molecule has 5 heteroatoms. The van der Waals surface area contributed by atoms with Gasteiger partial charge in [0.05, 0.1) is 11.3 Å². The van der Waals surface area contributed by atoms with Crippen molar-refractivity contribution in [2.75, 3.05) is 0 Å². The molecule has 15 heavy (non-hydrogen) atoms. The van der Waals surface area contributed by atoms with Crippen LogP contribution in [0.1, 0.15) is 21.7 Å². The third-order valence-electron chi connectivity index (χ3n) is 2.19. The average Bonchev–Trinajstić information content (AvgIpc) is 2.56. The summed E-state index contributed by atoms with van der Waals surface area (Å²) in [4.78, 5) is 14.7. The van der Waals surface area contributed by atoms with Gasteiger partial charge in [-0.3, -0.25) is 0 Å². The molecule has 0 fully saturated rings. The molecule has 1 N–H and O–H groups in total. The standard InChI is InChI=1S/C10H7N3O2/c1-6-9(10(14)15)12-8-3-2-7(4-11)5-13(6)8/h2-3,5H,1H3,(H,14,15). The number of rotatable bonds is 1. The number of hydrogen-bond donors (Lipinski definition) is 1. The molecule has 0 aromatic carbocycles. The number of nitriles is 1. The van der Waals surface area contributed by atoms with Gasteiger partial charge in [-0.25, -0.2) is 9.78 Å². The van der Waals surface area contributed by atoms with Crippen LogP contribution in [0.15, 0.2) is 18.3 Å². The maximum Gasteiger partial charge on any atom is 0.356 e. The number of nitrogens with zero attached hydrogens (tertiary/aromatic N) is 3. The highest BCUT2D eigenvalue weighted by atomic mass is 16.4. The number of fused-ring (bicyclic) bond motifs is 1. The molecule has 2 aromatic rings. The van der Waals surface area contributed by atoms with Crippen molar-refractivity contribution in [2.24, 2.45) is 0 Å². The van der Waals surface area contributed by atoms with Crippen molar-refractivity contribution in [1.29, 1.82) is 5.26 Å². The van der Waals surface area contributed by atoms with Crippen LogP contribution in [0.25, 0.3) is 5.65 Å².